The third-order valence-electron chi connectivity index (χ3n) is 3.54. The lowest BCUT2D eigenvalue weighted by molar-refractivity contribution is 0.0477. The number of carbonyl (C=O) groups excluding carboxylic acids is 1. The van der Waals surface area contributed by atoms with Crippen LogP contribution in [-0.4, -0.2) is 26.8 Å². The van der Waals surface area contributed by atoms with Gasteiger partial charge in [-0.05, 0) is 24.5 Å². The number of esters is 1. The third-order valence-corrected chi connectivity index (χ3v) is 3.54. The highest BCUT2D eigenvalue weighted by molar-refractivity contribution is 5.92. The molecule has 0 amide bonds. The maximum absolute atomic E-state index is 12.0. The zero-order chi connectivity index (χ0) is 15.0. The van der Waals surface area contributed by atoms with Crippen LogP contribution < -0.4 is 9.47 Å². The Morgan fingerprint density at radius 3 is 2.40 bits per heavy atom. The summed E-state index contributed by atoms with van der Waals surface area (Å²) in [5.41, 5.74) is 0.429. The second-order valence-corrected chi connectivity index (χ2v) is 4.67. The van der Waals surface area contributed by atoms with Crippen LogP contribution in [0, 0.1) is 5.92 Å². The van der Waals surface area contributed by atoms with Crippen LogP contribution in [0.4, 0.5) is 0 Å². The van der Waals surface area contributed by atoms with Gasteiger partial charge in [-0.15, -0.1) is 0 Å². The van der Waals surface area contributed by atoms with E-state index >= 15 is 0 Å². The maximum atomic E-state index is 12.0. The summed E-state index contributed by atoms with van der Waals surface area (Å²) in [5, 5.41) is 0. The Morgan fingerprint density at radius 1 is 1.15 bits per heavy atom. The van der Waals surface area contributed by atoms with Gasteiger partial charge in [-0.25, -0.2) is 4.79 Å². The first kappa shape index (κ1) is 16.3. The minimum atomic E-state index is -0.351. The molecule has 0 fully saturated rings. The van der Waals surface area contributed by atoms with Gasteiger partial charge in [0.2, 0.25) is 0 Å². The molecule has 112 valence electrons. The number of hydrogen-bond acceptors (Lipinski definition) is 4. The Hall–Kier alpha value is -1.71. The summed E-state index contributed by atoms with van der Waals surface area (Å²) < 4.78 is 15.6. The van der Waals surface area contributed by atoms with Gasteiger partial charge in [0.25, 0.3) is 0 Å². The Kier molecular flexibility index (Phi) is 6.91. The Morgan fingerprint density at radius 2 is 1.85 bits per heavy atom. The molecule has 0 saturated heterocycles. The summed E-state index contributed by atoms with van der Waals surface area (Å²) in [6.45, 7) is 4.76. The van der Waals surface area contributed by atoms with Gasteiger partial charge in [0, 0.05) is 6.07 Å². The molecular weight excluding hydrogens is 256 g/mol. The number of carbonyl (C=O) groups is 1. The van der Waals surface area contributed by atoms with E-state index in [1.165, 1.54) is 7.11 Å². The van der Waals surface area contributed by atoms with Crippen molar-refractivity contribution in [2.75, 3.05) is 20.8 Å². The number of ether oxygens (including phenoxy) is 3. The van der Waals surface area contributed by atoms with E-state index in [0.29, 0.717) is 29.6 Å². The monoisotopic (exact) mass is 280 g/mol. The van der Waals surface area contributed by atoms with Crippen molar-refractivity contribution in [2.45, 2.75) is 33.1 Å². The topological polar surface area (TPSA) is 44.8 Å². The second kappa shape index (κ2) is 8.46. The summed E-state index contributed by atoms with van der Waals surface area (Å²) in [6.07, 6.45) is 3.12. The number of methoxy groups -OCH3 is 2. The smallest absolute Gasteiger partial charge is 0.341 e. The van der Waals surface area contributed by atoms with Gasteiger partial charge < -0.3 is 14.2 Å². The first-order valence-electron chi connectivity index (χ1n) is 7.05. The van der Waals surface area contributed by atoms with Crippen molar-refractivity contribution in [2.24, 2.45) is 5.92 Å². The number of benzene rings is 1. The Balaban J connectivity index is 2.63. The van der Waals surface area contributed by atoms with Gasteiger partial charge in [-0.1, -0.05) is 26.7 Å². The molecule has 0 heterocycles. The molecule has 0 unspecified atom stereocenters. The molecule has 0 aromatic heterocycles. The van der Waals surface area contributed by atoms with Gasteiger partial charge in [-0.3, -0.25) is 0 Å². The van der Waals surface area contributed by atoms with E-state index in [2.05, 4.69) is 13.8 Å². The zero-order valence-corrected chi connectivity index (χ0v) is 12.8. The van der Waals surface area contributed by atoms with E-state index in [1.807, 2.05) is 0 Å². The quantitative estimate of drug-likeness (QED) is 0.681. The molecule has 4 nitrogen and oxygen atoms in total. The van der Waals surface area contributed by atoms with Crippen LogP contribution in [0.3, 0.4) is 0 Å². The average molecular weight is 280 g/mol. The van der Waals surface area contributed by atoms with E-state index < -0.39 is 0 Å². The molecule has 0 N–H and O–H groups in total. The lowest BCUT2D eigenvalue weighted by Crippen LogP contribution is -2.11. The maximum Gasteiger partial charge on any atom is 0.341 e. The van der Waals surface area contributed by atoms with Crippen molar-refractivity contribution in [3.05, 3.63) is 23.8 Å². The number of hydrogen-bond donors (Lipinski definition) is 0. The van der Waals surface area contributed by atoms with Crippen LogP contribution in [0.1, 0.15) is 43.5 Å². The Labute approximate surface area is 121 Å². The molecule has 20 heavy (non-hydrogen) atoms. The van der Waals surface area contributed by atoms with Crippen molar-refractivity contribution < 1.29 is 19.0 Å². The Bertz CT molecular complexity index is 424. The molecule has 0 aliphatic carbocycles. The van der Waals surface area contributed by atoms with Crippen LogP contribution in [-0.2, 0) is 4.74 Å². The third kappa shape index (κ3) is 4.44. The molecule has 0 spiro atoms. The van der Waals surface area contributed by atoms with E-state index in [1.54, 1.807) is 25.3 Å². The molecule has 0 atom stereocenters. The molecule has 0 radical (unpaired) electrons. The van der Waals surface area contributed by atoms with Crippen molar-refractivity contribution in [3.8, 4) is 11.5 Å². The molecule has 4 heteroatoms. The molecule has 1 aromatic carbocycles. The molecule has 0 aliphatic rings. The van der Waals surface area contributed by atoms with Crippen LogP contribution >= 0.6 is 0 Å². The van der Waals surface area contributed by atoms with Crippen molar-refractivity contribution in [3.63, 3.8) is 0 Å². The lowest BCUT2D eigenvalue weighted by atomic mass is 10.0. The molecule has 1 rings (SSSR count). The van der Waals surface area contributed by atoms with Crippen molar-refractivity contribution in [1.82, 2.24) is 0 Å². The van der Waals surface area contributed by atoms with Gasteiger partial charge in [0.1, 0.15) is 17.1 Å². The summed E-state index contributed by atoms with van der Waals surface area (Å²) >= 11 is 0. The molecule has 0 saturated carbocycles. The lowest BCUT2D eigenvalue weighted by Gasteiger charge is -2.13. The van der Waals surface area contributed by atoms with Gasteiger partial charge in [0.15, 0.2) is 0 Å². The summed E-state index contributed by atoms with van der Waals surface area (Å²) in [6, 6.07) is 5.06. The number of rotatable bonds is 8. The minimum Gasteiger partial charge on any atom is -0.497 e. The van der Waals surface area contributed by atoms with E-state index in [0.717, 1.165) is 19.3 Å². The first-order chi connectivity index (χ1) is 9.65. The predicted molar refractivity (Wildman–Crippen MR) is 78.5 cm³/mol. The predicted octanol–water partition coefficient (Wildman–Crippen LogP) is 3.69. The SMILES string of the molecule is CCC(CC)CCOC(=O)c1ccc(OC)cc1OC. The van der Waals surface area contributed by atoms with Crippen LogP contribution in [0.5, 0.6) is 11.5 Å². The van der Waals surface area contributed by atoms with Crippen LogP contribution in [0.25, 0.3) is 0 Å². The highest BCUT2D eigenvalue weighted by Gasteiger charge is 2.15. The summed E-state index contributed by atoms with van der Waals surface area (Å²) in [7, 11) is 3.10. The zero-order valence-electron chi connectivity index (χ0n) is 12.8. The van der Waals surface area contributed by atoms with Gasteiger partial charge >= 0.3 is 5.97 Å². The van der Waals surface area contributed by atoms with Crippen LogP contribution in [0.2, 0.25) is 0 Å². The van der Waals surface area contributed by atoms with E-state index in [9.17, 15) is 4.79 Å². The molecular formula is C16H24O4. The first-order valence-corrected chi connectivity index (χ1v) is 7.05. The fraction of sp³-hybridized carbons (Fsp3) is 0.562. The largest absolute Gasteiger partial charge is 0.497 e. The van der Waals surface area contributed by atoms with Crippen molar-refractivity contribution in [1.29, 1.82) is 0 Å². The van der Waals surface area contributed by atoms with Gasteiger partial charge in [-0.2, -0.15) is 0 Å². The second-order valence-electron chi connectivity index (χ2n) is 4.67. The molecule has 1 aromatic rings. The average Bonchev–Trinajstić information content (AvgIpc) is 2.50. The molecule has 0 bridgehead atoms. The summed E-state index contributed by atoms with van der Waals surface area (Å²) in [5.74, 6) is 1.38. The highest BCUT2D eigenvalue weighted by Crippen LogP contribution is 2.25. The van der Waals surface area contributed by atoms with Crippen LogP contribution in [0.15, 0.2) is 18.2 Å². The molecule has 0 aliphatic heterocycles. The summed E-state index contributed by atoms with van der Waals surface area (Å²) in [4.78, 5) is 12.0. The van der Waals surface area contributed by atoms with E-state index in [-0.39, 0.29) is 5.97 Å². The highest BCUT2D eigenvalue weighted by atomic mass is 16.5. The fourth-order valence-electron chi connectivity index (χ4n) is 2.06. The van der Waals surface area contributed by atoms with E-state index in [4.69, 9.17) is 14.2 Å². The fourth-order valence-corrected chi connectivity index (χ4v) is 2.06. The van der Waals surface area contributed by atoms with Crippen molar-refractivity contribution >= 4 is 5.97 Å². The normalized spacial score (nSPS) is 10.4. The standard InChI is InChI=1S/C16H24O4/c1-5-12(6-2)9-10-20-16(17)14-8-7-13(18-3)11-15(14)19-4/h7-8,11-12H,5-6,9-10H2,1-4H3. The van der Waals surface area contributed by atoms with Gasteiger partial charge in [0.05, 0.1) is 20.8 Å². The minimum absolute atomic E-state index is 0.351.